The van der Waals surface area contributed by atoms with Crippen molar-refractivity contribution in [1.82, 2.24) is 9.36 Å². The molecule has 0 aromatic carbocycles. The summed E-state index contributed by atoms with van der Waals surface area (Å²) in [6.45, 7) is 4.23. The van der Waals surface area contributed by atoms with Crippen molar-refractivity contribution in [1.29, 1.82) is 0 Å². The van der Waals surface area contributed by atoms with Gasteiger partial charge in [0.25, 0.3) is 0 Å². The molecule has 12 heavy (non-hydrogen) atoms. The van der Waals surface area contributed by atoms with Crippen molar-refractivity contribution in [3.8, 4) is 0 Å². The summed E-state index contributed by atoms with van der Waals surface area (Å²) in [7, 11) is 0. The zero-order valence-electron chi connectivity index (χ0n) is 7.37. The molecule has 1 heterocycles. The van der Waals surface area contributed by atoms with Crippen molar-refractivity contribution < 1.29 is 0 Å². The lowest BCUT2D eigenvalue weighted by Gasteiger charge is -1.96. The number of hydrogen-bond donors (Lipinski definition) is 1. The fourth-order valence-corrected chi connectivity index (χ4v) is 1.72. The molecular weight excluding hydrogens is 170 g/mol. The highest BCUT2D eigenvalue weighted by molar-refractivity contribution is 7.09. The first-order valence-electron chi connectivity index (χ1n) is 4.36. The Kier molecular flexibility index (Phi) is 2.00. The molecule has 0 bridgehead atoms. The van der Waals surface area contributed by atoms with Crippen LogP contribution in [0.2, 0.25) is 0 Å². The zero-order valence-corrected chi connectivity index (χ0v) is 8.19. The molecule has 66 valence electrons. The van der Waals surface area contributed by atoms with E-state index in [2.05, 4.69) is 28.5 Å². The van der Waals surface area contributed by atoms with E-state index in [1.165, 1.54) is 24.4 Å². The second-order valence-corrected chi connectivity index (χ2v) is 4.28. The Bertz CT molecular complexity index is 265. The molecule has 1 aliphatic carbocycles. The molecule has 0 aliphatic heterocycles. The second-order valence-electron chi connectivity index (χ2n) is 3.53. The van der Waals surface area contributed by atoms with E-state index in [9.17, 15) is 0 Å². The number of nitrogens with one attached hydrogen (secondary N) is 1. The molecule has 1 fully saturated rings. The molecule has 4 heteroatoms. The van der Waals surface area contributed by atoms with Gasteiger partial charge >= 0.3 is 0 Å². The van der Waals surface area contributed by atoms with Crippen LogP contribution in [0.5, 0.6) is 0 Å². The van der Waals surface area contributed by atoms with Crippen LogP contribution in [0.1, 0.15) is 38.4 Å². The Morgan fingerprint density at radius 3 is 2.75 bits per heavy atom. The summed E-state index contributed by atoms with van der Waals surface area (Å²) in [6, 6.07) is 0.679. The molecule has 0 saturated heterocycles. The summed E-state index contributed by atoms with van der Waals surface area (Å²) < 4.78 is 4.26. The Labute approximate surface area is 76.4 Å². The van der Waals surface area contributed by atoms with Crippen LogP contribution in [-0.2, 0) is 0 Å². The molecule has 0 atom stereocenters. The molecule has 1 saturated carbocycles. The molecule has 1 aromatic rings. The lowest BCUT2D eigenvalue weighted by molar-refractivity contribution is 0.799. The Balaban J connectivity index is 2.02. The van der Waals surface area contributed by atoms with Gasteiger partial charge in [0.2, 0.25) is 5.13 Å². The van der Waals surface area contributed by atoms with Gasteiger partial charge in [-0.25, -0.2) is 4.98 Å². The van der Waals surface area contributed by atoms with Gasteiger partial charge in [-0.2, -0.15) is 4.37 Å². The second kappa shape index (κ2) is 3.01. The molecular formula is C8H13N3S. The van der Waals surface area contributed by atoms with Crippen LogP contribution in [0, 0.1) is 0 Å². The van der Waals surface area contributed by atoms with E-state index in [0.717, 1.165) is 11.0 Å². The van der Waals surface area contributed by atoms with Gasteiger partial charge < -0.3 is 5.32 Å². The fraction of sp³-hybridized carbons (Fsp3) is 0.750. The predicted molar refractivity (Wildman–Crippen MR) is 50.6 cm³/mol. The van der Waals surface area contributed by atoms with Crippen LogP contribution < -0.4 is 5.32 Å². The van der Waals surface area contributed by atoms with Crippen LogP contribution in [-0.4, -0.2) is 15.4 Å². The van der Waals surface area contributed by atoms with Gasteiger partial charge in [-0.15, -0.1) is 0 Å². The van der Waals surface area contributed by atoms with Crippen molar-refractivity contribution in [3.05, 3.63) is 5.82 Å². The van der Waals surface area contributed by atoms with E-state index in [0.29, 0.717) is 12.0 Å². The number of aromatic nitrogens is 2. The summed E-state index contributed by atoms with van der Waals surface area (Å²) in [5.41, 5.74) is 0. The topological polar surface area (TPSA) is 37.8 Å². The third-order valence-electron chi connectivity index (χ3n) is 1.86. The van der Waals surface area contributed by atoms with Gasteiger partial charge in [0, 0.05) is 23.5 Å². The first kappa shape index (κ1) is 7.98. The number of nitrogens with zero attached hydrogens (tertiary/aromatic N) is 2. The quantitative estimate of drug-likeness (QED) is 0.781. The molecule has 1 aliphatic rings. The largest absolute Gasteiger partial charge is 0.358 e. The highest BCUT2D eigenvalue weighted by Gasteiger charge is 2.22. The van der Waals surface area contributed by atoms with E-state index in [1.54, 1.807) is 0 Å². The Hall–Kier alpha value is -0.640. The predicted octanol–water partition coefficient (Wildman–Crippen LogP) is 2.24. The summed E-state index contributed by atoms with van der Waals surface area (Å²) in [5, 5.41) is 4.32. The van der Waals surface area contributed by atoms with Crippen molar-refractivity contribution in [2.45, 2.75) is 38.6 Å². The van der Waals surface area contributed by atoms with E-state index in [-0.39, 0.29) is 0 Å². The van der Waals surface area contributed by atoms with Crippen LogP contribution in [0.25, 0.3) is 0 Å². The third kappa shape index (κ3) is 1.75. The molecule has 1 aromatic heterocycles. The average Bonchev–Trinajstić information content (AvgIpc) is 2.66. The lowest BCUT2D eigenvalue weighted by Crippen LogP contribution is -2.00. The third-order valence-corrected chi connectivity index (χ3v) is 2.52. The standard InChI is InChI=1S/C8H13N3S/c1-5(2)7-10-8(12-11-7)9-6-3-4-6/h5-6H,3-4H2,1-2H3,(H,9,10,11). The van der Waals surface area contributed by atoms with Crippen LogP contribution >= 0.6 is 11.5 Å². The van der Waals surface area contributed by atoms with Crippen molar-refractivity contribution >= 4 is 16.7 Å². The van der Waals surface area contributed by atoms with Crippen molar-refractivity contribution in [2.24, 2.45) is 0 Å². The summed E-state index contributed by atoms with van der Waals surface area (Å²) in [5.74, 6) is 1.40. The maximum absolute atomic E-state index is 4.39. The van der Waals surface area contributed by atoms with E-state index in [1.807, 2.05) is 0 Å². The average molecular weight is 183 g/mol. The van der Waals surface area contributed by atoms with E-state index in [4.69, 9.17) is 0 Å². The molecule has 0 amide bonds. The first-order valence-corrected chi connectivity index (χ1v) is 5.13. The van der Waals surface area contributed by atoms with Crippen molar-refractivity contribution in [3.63, 3.8) is 0 Å². The monoisotopic (exact) mass is 183 g/mol. The normalized spacial score (nSPS) is 16.9. The Morgan fingerprint density at radius 2 is 2.25 bits per heavy atom. The van der Waals surface area contributed by atoms with E-state index < -0.39 is 0 Å². The fourth-order valence-electron chi connectivity index (χ4n) is 0.930. The van der Waals surface area contributed by atoms with Gasteiger partial charge in [0.15, 0.2) is 0 Å². The van der Waals surface area contributed by atoms with E-state index >= 15 is 0 Å². The maximum atomic E-state index is 4.39. The minimum Gasteiger partial charge on any atom is -0.358 e. The molecule has 2 rings (SSSR count). The summed E-state index contributed by atoms with van der Waals surface area (Å²) in [4.78, 5) is 4.39. The maximum Gasteiger partial charge on any atom is 0.202 e. The highest BCUT2D eigenvalue weighted by atomic mass is 32.1. The summed E-state index contributed by atoms with van der Waals surface area (Å²) in [6.07, 6.45) is 2.58. The number of rotatable bonds is 3. The SMILES string of the molecule is CC(C)c1nsc(NC2CC2)n1. The molecule has 0 spiro atoms. The van der Waals surface area contributed by atoms with Crippen LogP contribution in [0.4, 0.5) is 5.13 Å². The molecule has 0 unspecified atom stereocenters. The zero-order chi connectivity index (χ0) is 8.55. The number of anilines is 1. The highest BCUT2D eigenvalue weighted by Crippen LogP contribution is 2.26. The first-order chi connectivity index (χ1) is 5.75. The van der Waals surface area contributed by atoms with Crippen molar-refractivity contribution in [2.75, 3.05) is 5.32 Å². The molecule has 3 nitrogen and oxygen atoms in total. The number of hydrogen-bond acceptors (Lipinski definition) is 4. The van der Waals surface area contributed by atoms with Gasteiger partial charge in [-0.05, 0) is 12.8 Å². The summed E-state index contributed by atoms with van der Waals surface area (Å²) >= 11 is 1.47. The van der Waals surface area contributed by atoms with Gasteiger partial charge in [0.05, 0.1) is 0 Å². The Morgan fingerprint density at radius 1 is 1.50 bits per heavy atom. The van der Waals surface area contributed by atoms with Gasteiger partial charge in [-0.1, -0.05) is 13.8 Å². The van der Waals surface area contributed by atoms with Gasteiger partial charge in [-0.3, -0.25) is 0 Å². The molecule has 0 radical (unpaired) electrons. The van der Waals surface area contributed by atoms with Gasteiger partial charge in [0.1, 0.15) is 5.82 Å². The minimum absolute atomic E-state index is 0.441. The smallest absolute Gasteiger partial charge is 0.202 e. The lowest BCUT2D eigenvalue weighted by atomic mass is 10.2. The molecule has 1 N–H and O–H groups in total. The van der Waals surface area contributed by atoms with Crippen LogP contribution in [0.15, 0.2) is 0 Å². The van der Waals surface area contributed by atoms with Crippen LogP contribution in [0.3, 0.4) is 0 Å². The minimum atomic E-state index is 0.441.